The Balaban J connectivity index is 0.000000178. The van der Waals surface area contributed by atoms with E-state index in [1.165, 1.54) is 25.7 Å². The molecule has 0 unspecified atom stereocenters. The zero-order chi connectivity index (χ0) is 50.8. The lowest BCUT2D eigenvalue weighted by Gasteiger charge is -2.48. The molecule has 0 bridgehead atoms. The molecule has 0 aliphatic carbocycles. The number of rotatable bonds is 14. The Kier molecular flexibility index (Phi) is 16.4. The molecule has 10 rings (SSSR count). The van der Waals surface area contributed by atoms with Crippen LogP contribution < -0.4 is 9.80 Å². The molecule has 0 spiro atoms. The van der Waals surface area contributed by atoms with Gasteiger partial charge in [0, 0.05) is 84.7 Å². The molecule has 2 N–H and O–H groups in total. The van der Waals surface area contributed by atoms with Crippen molar-refractivity contribution in [1.82, 2.24) is 49.3 Å². The molecule has 6 atom stereocenters. The van der Waals surface area contributed by atoms with E-state index in [-0.39, 0.29) is 36.7 Å². The van der Waals surface area contributed by atoms with E-state index >= 15 is 0 Å². The number of aromatic nitrogens is 8. The molecule has 4 aliphatic rings. The Bertz CT molecular complexity index is 2760. The predicted octanol–water partition coefficient (Wildman–Crippen LogP) is 9.07. The first kappa shape index (κ1) is 52.0. The molecule has 6 aromatic rings. The maximum atomic E-state index is 9.64. The van der Waals surface area contributed by atoms with Gasteiger partial charge in [-0.15, -0.1) is 0 Å². The van der Waals surface area contributed by atoms with Crippen LogP contribution in [-0.4, -0.2) is 137 Å². The topological polar surface area (TPSA) is 188 Å². The van der Waals surface area contributed by atoms with Crippen molar-refractivity contribution < 1.29 is 10.2 Å². The van der Waals surface area contributed by atoms with E-state index in [0.717, 1.165) is 88.0 Å². The van der Waals surface area contributed by atoms with Gasteiger partial charge in [-0.2, -0.15) is 20.7 Å². The van der Waals surface area contributed by atoms with Crippen LogP contribution in [0.1, 0.15) is 101 Å². The van der Waals surface area contributed by atoms with Gasteiger partial charge in [-0.1, -0.05) is 58.5 Å². The summed E-state index contributed by atoms with van der Waals surface area (Å²) in [6.45, 7) is 17.1. The van der Waals surface area contributed by atoms with Crippen LogP contribution in [0.3, 0.4) is 0 Å². The number of aliphatic hydroxyl groups excluding tert-OH is 2. The third-order valence-corrected chi connectivity index (χ3v) is 16.8. The quantitative estimate of drug-likeness (QED) is 0.105. The van der Waals surface area contributed by atoms with Crippen LogP contribution in [0, 0.1) is 46.3 Å². The summed E-state index contributed by atoms with van der Waals surface area (Å²) in [6.07, 6.45) is 10.1. The van der Waals surface area contributed by atoms with E-state index in [1.807, 2.05) is 26.0 Å². The van der Waals surface area contributed by atoms with Gasteiger partial charge in [-0.3, -0.25) is 0 Å². The van der Waals surface area contributed by atoms with Gasteiger partial charge in [0.05, 0.1) is 24.5 Å². The second-order valence-electron chi connectivity index (χ2n) is 20.1. The van der Waals surface area contributed by atoms with Gasteiger partial charge in [0.1, 0.15) is 34.8 Å². The molecule has 20 heteroatoms. The van der Waals surface area contributed by atoms with Crippen molar-refractivity contribution in [3.8, 4) is 12.1 Å². The molecule has 8 heterocycles. The largest absolute Gasteiger partial charge is 0.396 e. The number of anilines is 2. The van der Waals surface area contributed by atoms with E-state index < -0.39 is 0 Å². The summed E-state index contributed by atoms with van der Waals surface area (Å²) in [6, 6.07) is 15.4. The highest BCUT2D eigenvalue weighted by Crippen LogP contribution is 2.38. The molecule has 4 aliphatic heterocycles. The maximum Gasteiger partial charge on any atom is 0.190 e. The number of hydrogen-bond donors (Lipinski definition) is 2. The van der Waals surface area contributed by atoms with Crippen molar-refractivity contribution in [2.45, 2.75) is 90.4 Å². The van der Waals surface area contributed by atoms with Crippen molar-refractivity contribution in [2.75, 3.05) is 75.4 Å². The number of likely N-dealkylation sites (tertiary alicyclic amines) is 2. The molecule has 72 heavy (non-hydrogen) atoms. The number of benzene rings is 2. The number of halogens is 4. The van der Waals surface area contributed by atoms with Crippen LogP contribution in [0.25, 0.3) is 22.3 Å². The van der Waals surface area contributed by atoms with Gasteiger partial charge >= 0.3 is 0 Å². The third-order valence-electron chi connectivity index (χ3n) is 15.7. The minimum Gasteiger partial charge on any atom is -0.396 e. The average Bonchev–Trinajstić information content (AvgIpc) is 3.91. The smallest absolute Gasteiger partial charge is 0.190 e. The normalized spacial score (nSPS) is 20.8. The van der Waals surface area contributed by atoms with Crippen LogP contribution in [-0.2, 0) is 0 Å². The molecule has 4 fully saturated rings. The van der Waals surface area contributed by atoms with Gasteiger partial charge in [0.2, 0.25) is 0 Å². The molecule has 2 aromatic carbocycles. The zero-order valence-corrected chi connectivity index (χ0v) is 44.2. The van der Waals surface area contributed by atoms with Crippen molar-refractivity contribution in [1.29, 1.82) is 10.5 Å². The van der Waals surface area contributed by atoms with E-state index in [2.05, 4.69) is 65.8 Å². The van der Waals surface area contributed by atoms with Gasteiger partial charge in [0.15, 0.2) is 22.7 Å². The first-order valence-corrected chi connectivity index (χ1v) is 26.7. The summed E-state index contributed by atoms with van der Waals surface area (Å²) in [5.74, 6) is 4.18. The SMILES string of the molecule is C[C@H](CCO)N1CCC[C@@H](C2CN(c3cnc4c(C#N)nn([C@H](C)c5ccc(Cl)cc5Cl)c4n3)C2)C1.C[C@H](c1ccc(Cl)cc1Cl)n1nc(C#N)c2ncc(N3CC([C@@H]4CCCN([C@@H](C)CCO)C4)C3)nc21. The fraction of sp³-hybridized carbons (Fsp3) is 0.538. The van der Waals surface area contributed by atoms with E-state index in [0.29, 0.717) is 78.2 Å². The number of fused-ring (bicyclic) bond motifs is 2. The molecule has 16 nitrogen and oxygen atoms in total. The van der Waals surface area contributed by atoms with Gasteiger partial charge < -0.3 is 29.8 Å². The van der Waals surface area contributed by atoms with Crippen molar-refractivity contribution in [2.24, 2.45) is 23.7 Å². The minimum absolute atomic E-state index is 0.244. The van der Waals surface area contributed by atoms with Crippen molar-refractivity contribution in [3.05, 3.63) is 91.4 Å². The van der Waals surface area contributed by atoms with E-state index in [9.17, 15) is 20.7 Å². The number of aliphatic hydroxyl groups is 2. The predicted molar refractivity (Wildman–Crippen MR) is 283 cm³/mol. The molecule has 380 valence electrons. The standard InChI is InChI=1S/2C26H31Cl2N7O/c2*1-16(7-9-36)33-8-3-4-18(13-33)19-14-34(15-19)24-12-30-25-23(11-29)32-35(26(25)31-24)17(2)21-6-5-20(27)10-22(21)28/h2*5-6,10,12,16-19,36H,3-4,7-9,13-15H2,1-2H3/t16-,17+,18+;16-,17-,18-/m01/s1. The monoisotopic (exact) mass is 1050 g/mol. The number of nitriles is 2. The second-order valence-corrected chi connectivity index (χ2v) is 21.8. The van der Waals surface area contributed by atoms with Crippen LogP contribution in [0.4, 0.5) is 11.6 Å². The number of piperidine rings is 2. The molecule has 0 saturated carbocycles. The maximum absolute atomic E-state index is 9.64. The molecule has 0 amide bonds. The zero-order valence-electron chi connectivity index (χ0n) is 41.2. The lowest BCUT2D eigenvalue weighted by Crippen LogP contribution is -2.54. The van der Waals surface area contributed by atoms with Crippen molar-refractivity contribution in [3.63, 3.8) is 0 Å². The summed E-state index contributed by atoms with van der Waals surface area (Å²) in [5, 5.41) is 49.2. The minimum atomic E-state index is -0.248. The Hall–Kier alpha value is -4.88. The molecule has 0 radical (unpaired) electrons. The van der Waals surface area contributed by atoms with Crippen LogP contribution in [0.2, 0.25) is 20.1 Å². The van der Waals surface area contributed by atoms with Gasteiger partial charge in [0.25, 0.3) is 0 Å². The molecular weight excluding hydrogens is 994 g/mol. The third kappa shape index (κ3) is 10.8. The van der Waals surface area contributed by atoms with Crippen molar-refractivity contribution >= 4 is 80.4 Å². The summed E-state index contributed by atoms with van der Waals surface area (Å²) in [7, 11) is 0. The lowest BCUT2D eigenvalue weighted by atomic mass is 9.80. The lowest BCUT2D eigenvalue weighted by molar-refractivity contribution is 0.0790. The Morgan fingerprint density at radius 3 is 1.36 bits per heavy atom. The highest BCUT2D eigenvalue weighted by Gasteiger charge is 2.39. The Labute approximate surface area is 441 Å². The first-order chi connectivity index (χ1) is 34.8. The average molecular weight is 1060 g/mol. The van der Waals surface area contributed by atoms with Crippen LogP contribution in [0.5, 0.6) is 0 Å². The fourth-order valence-electron chi connectivity index (χ4n) is 11.1. The van der Waals surface area contributed by atoms with Crippen LogP contribution in [0.15, 0.2) is 48.8 Å². The second kappa shape index (κ2) is 22.7. The highest BCUT2D eigenvalue weighted by atomic mass is 35.5. The van der Waals surface area contributed by atoms with Crippen LogP contribution >= 0.6 is 46.4 Å². The number of hydrogen-bond acceptors (Lipinski definition) is 14. The van der Waals surface area contributed by atoms with Gasteiger partial charge in [-0.25, -0.2) is 29.3 Å². The highest BCUT2D eigenvalue weighted by molar-refractivity contribution is 6.35. The summed E-state index contributed by atoms with van der Waals surface area (Å²) < 4.78 is 3.47. The van der Waals surface area contributed by atoms with E-state index in [1.54, 1.807) is 46.0 Å². The molecular formula is C52H62Cl4N14O2. The first-order valence-electron chi connectivity index (χ1n) is 25.2. The Morgan fingerprint density at radius 2 is 1.00 bits per heavy atom. The number of nitrogens with zero attached hydrogens (tertiary/aromatic N) is 14. The Morgan fingerprint density at radius 1 is 0.597 bits per heavy atom. The summed E-state index contributed by atoms with van der Waals surface area (Å²) in [4.78, 5) is 28.6. The summed E-state index contributed by atoms with van der Waals surface area (Å²) in [5.41, 5.74) is 4.35. The fourth-order valence-corrected chi connectivity index (χ4v) is 12.3. The molecule has 4 aromatic heterocycles. The van der Waals surface area contributed by atoms with E-state index in [4.69, 9.17) is 56.4 Å². The molecule has 4 saturated heterocycles. The summed E-state index contributed by atoms with van der Waals surface area (Å²) >= 11 is 25.1. The van der Waals surface area contributed by atoms with Gasteiger partial charge in [-0.05, 0) is 138 Å².